The zero-order chi connectivity index (χ0) is 16.1. The highest BCUT2D eigenvalue weighted by atomic mass is 16.5. The maximum atomic E-state index is 5.91. The largest absolute Gasteiger partial charge is 0.467 e. The Labute approximate surface area is 135 Å². The molecule has 1 unspecified atom stereocenters. The van der Waals surface area contributed by atoms with Crippen LogP contribution < -0.4 is 10.5 Å². The van der Waals surface area contributed by atoms with Gasteiger partial charge in [-0.15, -0.1) is 0 Å². The first-order chi connectivity index (χ1) is 11.2. The van der Waals surface area contributed by atoms with Gasteiger partial charge in [-0.1, -0.05) is 0 Å². The number of rotatable bonds is 5. The summed E-state index contributed by atoms with van der Waals surface area (Å²) in [5.74, 6) is 1.11. The molecule has 3 heterocycles. The topological polar surface area (TPSA) is 90.0 Å². The van der Waals surface area contributed by atoms with Gasteiger partial charge in [0.25, 0.3) is 0 Å². The monoisotopic (exact) mass is 314 g/mol. The van der Waals surface area contributed by atoms with Crippen molar-refractivity contribution >= 4 is 5.82 Å². The molecule has 7 heteroatoms. The molecule has 2 aromatic rings. The van der Waals surface area contributed by atoms with Crippen LogP contribution >= 0.6 is 0 Å². The quantitative estimate of drug-likeness (QED) is 0.890. The summed E-state index contributed by atoms with van der Waals surface area (Å²) in [6.45, 7) is 2.98. The van der Waals surface area contributed by atoms with Gasteiger partial charge < -0.3 is 10.5 Å². The first-order valence-corrected chi connectivity index (χ1v) is 7.87. The Morgan fingerprint density at radius 1 is 1.22 bits per heavy atom. The standard InChI is InChI=1S/C16H22N6O/c1-23-16-20-8-13(9-21-16)11-22-6-2-3-12(10-22)7-14-15(17)19-5-4-18-14/h4-5,8-9,12H,2-3,6-7,10-11H2,1H3,(H2,17,19). The van der Waals surface area contributed by atoms with Gasteiger partial charge in [0, 0.05) is 43.4 Å². The Kier molecular flexibility index (Phi) is 4.97. The molecule has 122 valence electrons. The van der Waals surface area contributed by atoms with Crippen molar-refractivity contribution in [3.63, 3.8) is 0 Å². The second-order valence-electron chi connectivity index (χ2n) is 5.91. The van der Waals surface area contributed by atoms with Crippen LogP contribution in [0.25, 0.3) is 0 Å². The number of methoxy groups -OCH3 is 1. The minimum Gasteiger partial charge on any atom is -0.467 e. The van der Waals surface area contributed by atoms with E-state index in [1.54, 1.807) is 19.5 Å². The van der Waals surface area contributed by atoms with Crippen molar-refractivity contribution in [2.24, 2.45) is 5.92 Å². The van der Waals surface area contributed by atoms with Gasteiger partial charge in [0.1, 0.15) is 5.82 Å². The van der Waals surface area contributed by atoms with Gasteiger partial charge in [-0.3, -0.25) is 9.88 Å². The Bertz CT molecular complexity index is 633. The third-order valence-corrected chi connectivity index (χ3v) is 4.16. The van der Waals surface area contributed by atoms with Gasteiger partial charge >= 0.3 is 6.01 Å². The molecule has 0 aliphatic carbocycles. The zero-order valence-electron chi connectivity index (χ0n) is 13.4. The fraction of sp³-hybridized carbons (Fsp3) is 0.500. The van der Waals surface area contributed by atoms with Crippen LogP contribution in [0.3, 0.4) is 0 Å². The van der Waals surface area contributed by atoms with Crippen molar-refractivity contribution in [2.45, 2.75) is 25.8 Å². The second kappa shape index (κ2) is 7.32. The number of hydrogen-bond acceptors (Lipinski definition) is 7. The van der Waals surface area contributed by atoms with E-state index < -0.39 is 0 Å². The number of hydrogen-bond donors (Lipinski definition) is 1. The van der Waals surface area contributed by atoms with Gasteiger partial charge in [0.05, 0.1) is 12.8 Å². The van der Waals surface area contributed by atoms with Crippen molar-refractivity contribution < 1.29 is 4.74 Å². The smallest absolute Gasteiger partial charge is 0.316 e. The lowest BCUT2D eigenvalue weighted by Gasteiger charge is -2.32. The lowest BCUT2D eigenvalue weighted by Crippen LogP contribution is -2.36. The molecule has 1 aliphatic rings. The predicted molar refractivity (Wildman–Crippen MR) is 86.7 cm³/mol. The van der Waals surface area contributed by atoms with E-state index in [1.165, 1.54) is 12.8 Å². The third kappa shape index (κ3) is 4.13. The first kappa shape index (κ1) is 15.6. The first-order valence-electron chi connectivity index (χ1n) is 7.87. The van der Waals surface area contributed by atoms with Gasteiger partial charge in [-0.2, -0.15) is 0 Å². The maximum Gasteiger partial charge on any atom is 0.316 e. The van der Waals surface area contributed by atoms with Crippen LogP contribution in [0.2, 0.25) is 0 Å². The van der Waals surface area contributed by atoms with Gasteiger partial charge in [0.2, 0.25) is 0 Å². The van der Waals surface area contributed by atoms with E-state index in [2.05, 4.69) is 24.8 Å². The Morgan fingerprint density at radius 2 is 2.00 bits per heavy atom. The number of aromatic nitrogens is 4. The fourth-order valence-corrected chi connectivity index (χ4v) is 3.06. The summed E-state index contributed by atoms with van der Waals surface area (Å²) in [4.78, 5) is 19.3. The highest BCUT2D eigenvalue weighted by Gasteiger charge is 2.21. The summed E-state index contributed by atoms with van der Waals surface area (Å²) in [6.07, 6.45) is 10.3. The van der Waals surface area contributed by atoms with Crippen LogP contribution in [0, 0.1) is 5.92 Å². The molecule has 0 bridgehead atoms. The summed E-state index contributed by atoms with van der Waals surface area (Å²) in [6, 6.07) is 0.406. The normalized spacial score (nSPS) is 18.7. The van der Waals surface area contributed by atoms with Crippen LogP contribution in [-0.2, 0) is 13.0 Å². The molecule has 1 fully saturated rings. The number of nitrogens with zero attached hydrogens (tertiary/aromatic N) is 5. The number of nitrogen functional groups attached to an aromatic ring is 1. The van der Waals surface area contributed by atoms with E-state index in [9.17, 15) is 0 Å². The summed E-state index contributed by atoms with van der Waals surface area (Å²) in [5, 5.41) is 0. The van der Waals surface area contributed by atoms with E-state index in [1.807, 2.05) is 12.4 Å². The summed E-state index contributed by atoms with van der Waals surface area (Å²) < 4.78 is 4.99. The molecule has 1 saturated heterocycles. The van der Waals surface area contributed by atoms with E-state index in [-0.39, 0.29) is 0 Å². The Balaban J connectivity index is 1.58. The molecular weight excluding hydrogens is 292 g/mol. The van der Waals surface area contributed by atoms with Crippen molar-refractivity contribution in [3.05, 3.63) is 36.0 Å². The van der Waals surface area contributed by atoms with Crippen molar-refractivity contribution in [2.75, 3.05) is 25.9 Å². The van der Waals surface area contributed by atoms with Crippen LogP contribution in [-0.4, -0.2) is 45.0 Å². The fourth-order valence-electron chi connectivity index (χ4n) is 3.06. The molecule has 1 atom stereocenters. The number of nitrogens with two attached hydrogens (primary N) is 1. The number of piperidine rings is 1. The van der Waals surface area contributed by atoms with Gasteiger partial charge in [-0.25, -0.2) is 15.0 Å². The predicted octanol–water partition coefficient (Wildman–Crippen LogP) is 1.31. The van der Waals surface area contributed by atoms with Crippen LogP contribution in [0.15, 0.2) is 24.8 Å². The lowest BCUT2D eigenvalue weighted by atomic mass is 9.93. The molecule has 3 rings (SSSR count). The highest BCUT2D eigenvalue weighted by molar-refractivity contribution is 5.33. The molecular formula is C16H22N6O. The molecule has 0 radical (unpaired) electrons. The van der Waals surface area contributed by atoms with Gasteiger partial charge in [-0.05, 0) is 31.7 Å². The Hall–Kier alpha value is -2.28. The molecule has 0 saturated carbocycles. The molecule has 1 aliphatic heterocycles. The Morgan fingerprint density at radius 3 is 2.74 bits per heavy atom. The lowest BCUT2D eigenvalue weighted by molar-refractivity contribution is 0.166. The highest BCUT2D eigenvalue weighted by Crippen LogP contribution is 2.22. The zero-order valence-corrected chi connectivity index (χ0v) is 13.4. The SMILES string of the molecule is COc1ncc(CN2CCCC(Cc3nccnc3N)C2)cn1. The summed E-state index contributed by atoms with van der Waals surface area (Å²) in [7, 11) is 1.57. The number of anilines is 1. The average molecular weight is 314 g/mol. The third-order valence-electron chi connectivity index (χ3n) is 4.16. The summed E-state index contributed by atoms with van der Waals surface area (Å²) >= 11 is 0. The maximum absolute atomic E-state index is 5.91. The molecule has 7 nitrogen and oxygen atoms in total. The van der Waals surface area contributed by atoms with Crippen LogP contribution in [0.1, 0.15) is 24.1 Å². The molecule has 0 amide bonds. The van der Waals surface area contributed by atoms with Gasteiger partial charge in [0.15, 0.2) is 0 Å². The van der Waals surface area contributed by atoms with Crippen molar-refractivity contribution in [1.82, 2.24) is 24.8 Å². The number of ether oxygens (including phenoxy) is 1. The average Bonchev–Trinajstić information content (AvgIpc) is 2.58. The van der Waals surface area contributed by atoms with Crippen LogP contribution in [0.4, 0.5) is 5.82 Å². The van der Waals surface area contributed by atoms with E-state index in [0.29, 0.717) is 17.7 Å². The van der Waals surface area contributed by atoms with Crippen molar-refractivity contribution in [3.8, 4) is 6.01 Å². The molecule has 23 heavy (non-hydrogen) atoms. The molecule has 2 N–H and O–H groups in total. The number of likely N-dealkylation sites (tertiary alicyclic amines) is 1. The van der Waals surface area contributed by atoms with Crippen molar-refractivity contribution in [1.29, 1.82) is 0 Å². The molecule has 0 spiro atoms. The summed E-state index contributed by atoms with van der Waals surface area (Å²) in [5.41, 5.74) is 7.92. The van der Waals surface area contributed by atoms with Crippen LogP contribution in [0.5, 0.6) is 6.01 Å². The minimum atomic E-state index is 0.406. The van der Waals surface area contributed by atoms with E-state index in [0.717, 1.165) is 37.3 Å². The molecule has 2 aromatic heterocycles. The second-order valence-corrected chi connectivity index (χ2v) is 5.91. The minimum absolute atomic E-state index is 0.406. The molecule has 0 aromatic carbocycles. The van der Waals surface area contributed by atoms with E-state index >= 15 is 0 Å². The van der Waals surface area contributed by atoms with E-state index in [4.69, 9.17) is 10.5 Å².